The summed E-state index contributed by atoms with van der Waals surface area (Å²) < 4.78 is 7.47. The molecule has 0 radical (unpaired) electrons. The van der Waals surface area contributed by atoms with Gasteiger partial charge in [-0.15, -0.1) is 0 Å². The van der Waals surface area contributed by atoms with Crippen molar-refractivity contribution in [3.05, 3.63) is 30.6 Å². The fourth-order valence-corrected chi connectivity index (χ4v) is 1.76. The molecule has 2 rings (SSSR count). The highest BCUT2D eigenvalue weighted by Gasteiger charge is 2.06. The van der Waals surface area contributed by atoms with Gasteiger partial charge in [0.15, 0.2) is 0 Å². The van der Waals surface area contributed by atoms with Crippen molar-refractivity contribution in [1.82, 2.24) is 14.8 Å². The number of aromatic nitrogens is 3. The number of nitrogens with zero attached hydrogens (tertiary/aromatic N) is 3. The summed E-state index contributed by atoms with van der Waals surface area (Å²) in [6.07, 6.45) is 4.76. The average Bonchev–Trinajstić information content (AvgIpc) is 2.91. The molecule has 0 saturated carbocycles. The summed E-state index contributed by atoms with van der Waals surface area (Å²) in [7, 11) is 0. The smallest absolute Gasteiger partial charge is 0.239 e. The van der Waals surface area contributed by atoms with Crippen LogP contribution < -0.4 is 15.8 Å². The predicted octanol–water partition coefficient (Wildman–Crippen LogP) is 2.15. The summed E-state index contributed by atoms with van der Waals surface area (Å²) in [5.74, 6) is 1.26. The van der Waals surface area contributed by atoms with E-state index in [2.05, 4.69) is 15.4 Å². The van der Waals surface area contributed by atoms with E-state index in [0.29, 0.717) is 11.6 Å². The van der Waals surface area contributed by atoms with Gasteiger partial charge >= 0.3 is 0 Å². The van der Waals surface area contributed by atoms with Crippen molar-refractivity contribution in [2.24, 2.45) is 0 Å². The molecule has 0 atom stereocenters. The van der Waals surface area contributed by atoms with Crippen molar-refractivity contribution < 1.29 is 4.74 Å². The zero-order chi connectivity index (χ0) is 14.4. The highest BCUT2D eigenvalue weighted by Crippen LogP contribution is 2.21. The van der Waals surface area contributed by atoms with E-state index in [-0.39, 0.29) is 6.10 Å². The largest absolute Gasteiger partial charge is 0.473 e. The second kappa shape index (κ2) is 6.79. The number of nitrogens with two attached hydrogens (primary N) is 1. The third kappa shape index (κ3) is 4.15. The standard InChI is InChI=1S/C14H21N5O/c1-11(2)20-14-12(15)5-6-13(18-14)16-7-3-9-19-10-4-8-17-19/h4-6,8,10-11H,3,7,9,15H2,1-2H3,(H,16,18). The molecule has 6 heteroatoms. The topological polar surface area (TPSA) is 78.0 Å². The number of anilines is 2. The molecule has 0 amide bonds. The van der Waals surface area contributed by atoms with Gasteiger partial charge in [-0.2, -0.15) is 10.1 Å². The summed E-state index contributed by atoms with van der Waals surface area (Å²) >= 11 is 0. The van der Waals surface area contributed by atoms with Crippen LogP contribution in [0, 0.1) is 0 Å². The fraction of sp³-hybridized carbons (Fsp3) is 0.429. The summed E-state index contributed by atoms with van der Waals surface area (Å²) in [6.45, 7) is 5.60. The molecule has 0 aliphatic heterocycles. The van der Waals surface area contributed by atoms with Crippen molar-refractivity contribution in [3.63, 3.8) is 0 Å². The molecule has 0 aromatic carbocycles. The maximum Gasteiger partial charge on any atom is 0.239 e. The van der Waals surface area contributed by atoms with Gasteiger partial charge in [-0.3, -0.25) is 4.68 Å². The molecular formula is C14H21N5O. The quantitative estimate of drug-likeness (QED) is 0.757. The van der Waals surface area contributed by atoms with Crippen molar-refractivity contribution in [2.75, 3.05) is 17.6 Å². The number of nitrogens with one attached hydrogen (secondary N) is 1. The minimum atomic E-state index is 0.0554. The SMILES string of the molecule is CC(C)Oc1nc(NCCCn2cccn2)ccc1N. The molecule has 6 nitrogen and oxygen atoms in total. The molecule has 3 N–H and O–H groups in total. The molecule has 0 saturated heterocycles. The first-order valence-electron chi connectivity index (χ1n) is 6.79. The number of rotatable bonds is 7. The van der Waals surface area contributed by atoms with Crippen molar-refractivity contribution in [2.45, 2.75) is 32.9 Å². The third-order valence-corrected chi connectivity index (χ3v) is 2.67. The van der Waals surface area contributed by atoms with Crippen LogP contribution in [0.15, 0.2) is 30.6 Å². The zero-order valence-corrected chi connectivity index (χ0v) is 11.9. The molecule has 0 bridgehead atoms. The highest BCUT2D eigenvalue weighted by molar-refractivity contribution is 5.53. The number of nitrogen functional groups attached to an aromatic ring is 1. The number of aryl methyl sites for hydroxylation is 1. The first-order valence-corrected chi connectivity index (χ1v) is 6.79. The Balaban J connectivity index is 1.83. The van der Waals surface area contributed by atoms with Crippen LogP contribution in [-0.2, 0) is 6.54 Å². The van der Waals surface area contributed by atoms with Crippen LogP contribution in [0.25, 0.3) is 0 Å². The van der Waals surface area contributed by atoms with E-state index in [1.807, 2.05) is 36.9 Å². The van der Waals surface area contributed by atoms with Gasteiger partial charge in [0.2, 0.25) is 5.88 Å². The van der Waals surface area contributed by atoms with Crippen molar-refractivity contribution in [3.8, 4) is 5.88 Å². The minimum Gasteiger partial charge on any atom is -0.473 e. The molecule has 20 heavy (non-hydrogen) atoms. The van der Waals surface area contributed by atoms with Crippen LogP contribution in [0.3, 0.4) is 0 Å². The molecule has 0 aliphatic carbocycles. The minimum absolute atomic E-state index is 0.0554. The molecule has 2 aromatic heterocycles. The van der Waals surface area contributed by atoms with Crippen molar-refractivity contribution in [1.29, 1.82) is 0 Å². The van der Waals surface area contributed by atoms with Gasteiger partial charge in [0.1, 0.15) is 5.82 Å². The Bertz CT molecular complexity index is 524. The van der Waals surface area contributed by atoms with E-state index >= 15 is 0 Å². The lowest BCUT2D eigenvalue weighted by Crippen LogP contribution is -2.11. The van der Waals surface area contributed by atoms with Gasteiger partial charge in [0.25, 0.3) is 0 Å². The molecule has 0 fully saturated rings. The normalized spacial score (nSPS) is 10.8. The van der Waals surface area contributed by atoms with Gasteiger partial charge in [-0.05, 0) is 38.5 Å². The Morgan fingerprint density at radius 1 is 1.40 bits per heavy atom. The van der Waals surface area contributed by atoms with E-state index in [0.717, 1.165) is 25.3 Å². The summed E-state index contributed by atoms with van der Waals surface area (Å²) in [5, 5.41) is 7.42. The van der Waals surface area contributed by atoms with E-state index in [1.54, 1.807) is 12.3 Å². The lowest BCUT2D eigenvalue weighted by molar-refractivity contribution is 0.234. The summed E-state index contributed by atoms with van der Waals surface area (Å²) in [6, 6.07) is 5.58. The molecule has 0 unspecified atom stereocenters. The number of hydrogen-bond donors (Lipinski definition) is 2. The molecule has 2 heterocycles. The van der Waals surface area contributed by atoms with Crippen LogP contribution in [0.2, 0.25) is 0 Å². The lowest BCUT2D eigenvalue weighted by atomic mass is 10.3. The molecular weight excluding hydrogens is 254 g/mol. The number of ether oxygens (including phenoxy) is 1. The Hall–Kier alpha value is -2.24. The van der Waals surface area contributed by atoms with Gasteiger partial charge < -0.3 is 15.8 Å². The van der Waals surface area contributed by atoms with Gasteiger partial charge in [0, 0.05) is 25.5 Å². The monoisotopic (exact) mass is 275 g/mol. The number of pyridine rings is 1. The fourth-order valence-electron chi connectivity index (χ4n) is 1.76. The third-order valence-electron chi connectivity index (χ3n) is 2.67. The predicted molar refractivity (Wildman–Crippen MR) is 79.7 cm³/mol. The maximum atomic E-state index is 5.83. The average molecular weight is 275 g/mol. The Kier molecular flexibility index (Phi) is 4.81. The summed E-state index contributed by atoms with van der Waals surface area (Å²) in [5.41, 5.74) is 6.39. The number of hydrogen-bond acceptors (Lipinski definition) is 5. The van der Waals surface area contributed by atoms with Gasteiger partial charge in [-0.1, -0.05) is 0 Å². The Morgan fingerprint density at radius 3 is 2.95 bits per heavy atom. The van der Waals surface area contributed by atoms with Crippen LogP contribution >= 0.6 is 0 Å². The van der Waals surface area contributed by atoms with Crippen molar-refractivity contribution >= 4 is 11.5 Å². The first-order chi connectivity index (χ1) is 9.65. The van der Waals surface area contributed by atoms with Crippen LogP contribution in [0.4, 0.5) is 11.5 Å². The second-order valence-corrected chi connectivity index (χ2v) is 4.81. The Morgan fingerprint density at radius 2 is 2.25 bits per heavy atom. The molecule has 0 aliphatic rings. The van der Waals surface area contributed by atoms with E-state index < -0.39 is 0 Å². The van der Waals surface area contributed by atoms with Gasteiger partial charge in [-0.25, -0.2) is 0 Å². The zero-order valence-electron chi connectivity index (χ0n) is 11.9. The van der Waals surface area contributed by atoms with Crippen LogP contribution in [0.1, 0.15) is 20.3 Å². The van der Waals surface area contributed by atoms with Crippen LogP contribution in [0.5, 0.6) is 5.88 Å². The van der Waals surface area contributed by atoms with E-state index in [4.69, 9.17) is 10.5 Å². The summed E-state index contributed by atoms with van der Waals surface area (Å²) in [4.78, 5) is 4.37. The molecule has 0 spiro atoms. The Labute approximate surface area is 119 Å². The van der Waals surface area contributed by atoms with Gasteiger partial charge in [0.05, 0.1) is 11.8 Å². The van der Waals surface area contributed by atoms with E-state index in [1.165, 1.54) is 0 Å². The molecule has 108 valence electrons. The van der Waals surface area contributed by atoms with E-state index in [9.17, 15) is 0 Å². The first kappa shape index (κ1) is 14.2. The second-order valence-electron chi connectivity index (χ2n) is 4.81. The lowest BCUT2D eigenvalue weighted by Gasteiger charge is -2.13. The molecule has 2 aromatic rings. The van der Waals surface area contributed by atoms with Crippen LogP contribution in [-0.4, -0.2) is 27.4 Å². The highest BCUT2D eigenvalue weighted by atomic mass is 16.5. The maximum absolute atomic E-state index is 5.83.